The van der Waals surface area contributed by atoms with Crippen LogP contribution < -0.4 is 5.32 Å². The largest absolute Gasteiger partial charge is 0.444 e. The number of para-hydroxylation sites is 1. The monoisotopic (exact) mass is 276 g/mol. The third kappa shape index (κ3) is 3.50. The highest BCUT2D eigenvalue weighted by Gasteiger charge is 2.39. The summed E-state index contributed by atoms with van der Waals surface area (Å²) in [5, 5.41) is 2.80. The van der Waals surface area contributed by atoms with E-state index >= 15 is 0 Å². The van der Waals surface area contributed by atoms with Gasteiger partial charge in [0.15, 0.2) is 0 Å². The van der Waals surface area contributed by atoms with Crippen molar-refractivity contribution in [3.05, 3.63) is 30.3 Å². The van der Waals surface area contributed by atoms with Crippen molar-refractivity contribution in [3.63, 3.8) is 0 Å². The van der Waals surface area contributed by atoms with Gasteiger partial charge < -0.3 is 10.1 Å². The molecule has 0 unspecified atom stereocenters. The van der Waals surface area contributed by atoms with E-state index in [2.05, 4.69) is 5.32 Å². The average Bonchev–Trinajstić information content (AvgIpc) is 2.25. The Morgan fingerprint density at radius 3 is 2.40 bits per heavy atom. The lowest BCUT2D eigenvalue weighted by atomic mass is 10.0. The summed E-state index contributed by atoms with van der Waals surface area (Å²) in [4.78, 5) is 25.5. The van der Waals surface area contributed by atoms with E-state index in [-0.39, 0.29) is 5.91 Å². The third-order valence-electron chi connectivity index (χ3n) is 2.99. The van der Waals surface area contributed by atoms with Crippen molar-refractivity contribution in [2.24, 2.45) is 0 Å². The van der Waals surface area contributed by atoms with Crippen LogP contribution in [0, 0.1) is 0 Å². The molecule has 1 N–H and O–H groups in total. The zero-order valence-corrected chi connectivity index (χ0v) is 12.1. The predicted octanol–water partition coefficient (Wildman–Crippen LogP) is 2.63. The summed E-state index contributed by atoms with van der Waals surface area (Å²) >= 11 is 0. The van der Waals surface area contributed by atoms with E-state index in [0.717, 1.165) is 5.69 Å². The molecule has 1 aliphatic rings. The summed E-state index contributed by atoms with van der Waals surface area (Å²) < 4.78 is 5.28. The molecule has 1 aromatic rings. The Bertz CT molecular complexity index is 494. The maximum atomic E-state index is 12.1. The quantitative estimate of drug-likeness (QED) is 0.903. The molecule has 0 radical (unpaired) electrons. The maximum Gasteiger partial charge on any atom is 0.410 e. The van der Waals surface area contributed by atoms with Gasteiger partial charge in [0.25, 0.3) is 0 Å². The Morgan fingerprint density at radius 1 is 1.25 bits per heavy atom. The molecular weight excluding hydrogens is 256 g/mol. The number of carbonyl (C=O) groups is 2. The number of hydrogen-bond donors (Lipinski definition) is 1. The number of hydrogen-bond acceptors (Lipinski definition) is 3. The second-order valence-electron chi connectivity index (χ2n) is 5.83. The fourth-order valence-corrected chi connectivity index (χ4v) is 1.95. The van der Waals surface area contributed by atoms with Gasteiger partial charge in [0.1, 0.15) is 11.6 Å². The minimum absolute atomic E-state index is 0.173. The van der Waals surface area contributed by atoms with Gasteiger partial charge in [-0.1, -0.05) is 18.2 Å². The summed E-state index contributed by atoms with van der Waals surface area (Å²) in [5.74, 6) is -0.173. The molecule has 5 nitrogen and oxygen atoms in total. The number of benzene rings is 1. The summed E-state index contributed by atoms with van der Waals surface area (Å²) in [6.07, 6.45) is 0.231. The van der Waals surface area contributed by atoms with E-state index < -0.39 is 17.7 Å². The molecule has 0 bridgehead atoms. The predicted molar refractivity (Wildman–Crippen MR) is 76.4 cm³/mol. The van der Waals surface area contributed by atoms with Crippen molar-refractivity contribution in [1.82, 2.24) is 4.90 Å². The number of ether oxygens (including phenoxy) is 1. The Balaban J connectivity index is 1.93. The fourth-order valence-electron chi connectivity index (χ4n) is 1.95. The first-order chi connectivity index (χ1) is 9.37. The Labute approximate surface area is 118 Å². The third-order valence-corrected chi connectivity index (χ3v) is 2.99. The number of nitrogens with one attached hydrogen (secondary N) is 1. The summed E-state index contributed by atoms with van der Waals surface area (Å²) in [7, 11) is 0. The molecule has 108 valence electrons. The Hall–Kier alpha value is -2.04. The number of nitrogens with zero attached hydrogens (tertiary/aromatic N) is 1. The number of carbonyl (C=O) groups excluding carboxylic acids is 2. The van der Waals surface area contributed by atoms with Crippen LogP contribution >= 0.6 is 0 Å². The smallest absolute Gasteiger partial charge is 0.410 e. The summed E-state index contributed by atoms with van der Waals surface area (Å²) in [6.45, 7) is 5.99. The molecular formula is C15H20N2O3. The Kier molecular flexibility index (Phi) is 3.97. The lowest BCUT2D eigenvalue weighted by Crippen LogP contribution is -2.57. The molecule has 2 amide bonds. The maximum absolute atomic E-state index is 12.1. The minimum Gasteiger partial charge on any atom is -0.444 e. The zero-order chi connectivity index (χ0) is 14.8. The van der Waals surface area contributed by atoms with Gasteiger partial charge in [0.2, 0.25) is 5.91 Å². The normalized spacial score (nSPS) is 18.1. The van der Waals surface area contributed by atoms with Gasteiger partial charge >= 0.3 is 6.09 Å². The lowest BCUT2D eigenvalue weighted by molar-refractivity contribution is -0.125. The van der Waals surface area contributed by atoms with Gasteiger partial charge in [0, 0.05) is 12.2 Å². The van der Waals surface area contributed by atoms with Crippen LogP contribution in [-0.2, 0) is 9.53 Å². The Morgan fingerprint density at radius 2 is 1.90 bits per heavy atom. The number of amides is 2. The van der Waals surface area contributed by atoms with Gasteiger partial charge in [-0.25, -0.2) is 4.79 Å². The highest BCUT2D eigenvalue weighted by molar-refractivity contribution is 5.97. The summed E-state index contributed by atoms with van der Waals surface area (Å²) in [5.41, 5.74) is 0.182. The molecule has 5 heteroatoms. The topological polar surface area (TPSA) is 58.6 Å². The van der Waals surface area contributed by atoms with Crippen LogP contribution in [0.5, 0.6) is 0 Å². The standard InChI is InChI=1S/C15H20N2O3/c1-15(2,3)20-14(19)17-10-9-12(17)13(18)16-11-7-5-4-6-8-11/h4-8,12H,9-10H2,1-3H3,(H,16,18)/t12-/m0/s1. The molecule has 1 aliphatic heterocycles. The number of rotatable bonds is 2. The summed E-state index contributed by atoms with van der Waals surface area (Å²) in [6, 6.07) is 8.77. The highest BCUT2D eigenvalue weighted by atomic mass is 16.6. The van der Waals surface area contributed by atoms with Gasteiger partial charge in [-0.05, 0) is 39.3 Å². The number of anilines is 1. The average molecular weight is 276 g/mol. The van der Waals surface area contributed by atoms with E-state index in [0.29, 0.717) is 13.0 Å². The van der Waals surface area contributed by atoms with Crippen molar-refractivity contribution in [1.29, 1.82) is 0 Å². The minimum atomic E-state index is -0.548. The molecule has 0 aromatic heterocycles. The van der Waals surface area contributed by atoms with E-state index in [9.17, 15) is 9.59 Å². The molecule has 0 spiro atoms. The molecule has 0 aliphatic carbocycles. The van der Waals surface area contributed by atoms with Crippen LogP contribution in [0.25, 0.3) is 0 Å². The van der Waals surface area contributed by atoms with Crippen molar-refractivity contribution < 1.29 is 14.3 Å². The molecule has 1 atom stereocenters. The van der Waals surface area contributed by atoms with Gasteiger partial charge in [-0.2, -0.15) is 0 Å². The lowest BCUT2D eigenvalue weighted by Gasteiger charge is -2.40. The molecule has 1 aromatic carbocycles. The van der Waals surface area contributed by atoms with Crippen molar-refractivity contribution >= 4 is 17.7 Å². The van der Waals surface area contributed by atoms with Crippen molar-refractivity contribution in [2.45, 2.75) is 38.8 Å². The van der Waals surface area contributed by atoms with Crippen molar-refractivity contribution in [2.75, 3.05) is 11.9 Å². The first kappa shape index (κ1) is 14.4. The molecule has 20 heavy (non-hydrogen) atoms. The molecule has 1 fully saturated rings. The zero-order valence-electron chi connectivity index (χ0n) is 12.1. The fraction of sp³-hybridized carbons (Fsp3) is 0.467. The highest BCUT2D eigenvalue weighted by Crippen LogP contribution is 2.22. The first-order valence-electron chi connectivity index (χ1n) is 6.72. The molecule has 2 rings (SSSR count). The van der Waals surface area contributed by atoms with E-state index in [4.69, 9.17) is 4.74 Å². The van der Waals surface area contributed by atoms with Crippen LogP contribution in [0.2, 0.25) is 0 Å². The van der Waals surface area contributed by atoms with E-state index in [1.807, 2.05) is 51.1 Å². The van der Waals surface area contributed by atoms with Crippen LogP contribution in [0.3, 0.4) is 0 Å². The van der Waals surface area contributed by atoms with E-state index in [1.165, 1.54) is 4.90 Å². The number of likely N-dealkylation sites (tertiary alicyclic amines) is 1. The van der Waals surface area contributed by atoms with Gasteiger partial charge in [-0.15, -0.1) is 0 Å². The van der Waals surface area contributed by atoms with Gasteiger partial charge in [-0.3, -0.25) is 9.69 Å². The molecule has 1 heterocycles. The van der Waals surface area contributed by atoms with Crippen molar-refractivity contribution in [3.8, 4) is 0 Å². The first-order valence-corrected chi connectivity index (χ1v) is 6.72. The van der Waals surface area contributed by atoms with E-state index in [1.54, 1.807) is 0 Å². The molecule has 0 saturated carbocycles. The van der Waals surface area contributed by atoms with Crippen LogP contribution in [0.15, 0.2) is 30.3 Å². The molecule has 1 saturated heterocycles. The van der Waals surface area contributed by atoms with Gasteiger partial charge in [0.05, 0.1) is 0 Å². The van der Waals surface area contributed by atoms with Crippen LogP contribution in [0.1, 0.15) is 27.2 Å². The van der Waals surface area contributed by atoms with Crippen LogP contribution in [-0.4, -0.2) is 35.1 Å². The van der Waals surface area contributed by atoms with Crippen LogP contribution in [0.4, 0.5) is 10.5 Å². The second-order valence-corrected chi connectivity index (χ2v) is 5.83. The second kappa shape index (κ2) is 5.53. The SMILES string of the molecule is CC(C)(C)OC(=O)N1CC[C@H]1C(=O)Nc1ccccc1.